The van der Waals surface area contributed by atoms with Crippen LogP contribution in [0.4, 0.5) is 0 Å². The van der Waals surface area contributed by atoms with Crippen LogP contribution in [0.3, 0.4) is 0 Å². The molecule has 0 amide bonds. The number of nitrogens with one attached hydrogen (secondary N) is 1. The van der Waals surface area contributed by atoms with Gasteiger partial charge in [0.15, 0.2) is 0 Å². The summed E-state index contributed by atoms with van der Waals surface area (Å²) in [5, 5.41) is 3.37. The van der Waals surface area contributed by atoms with Gasteiger partial charge in [0.1, 0.15) is 0 Å². The van der Waals surface area contributed by atoms with Crippen molar-refractivity contribution in [2.24, 2.45) is 0 Å². The molecule has 1 heteroatoms. The van der Waals surface area contributed by atoms with Crippen molar-refractivity contribution < 1.29 is 0 Å². The Balaban J connectivity index is 1.92. The molecule has 1 atom stereocenters. The topological polar surface area (TPSA) is 21.9 Å². The zero-order valence-electron chi connectivity index (χ0n) is 6.54. The van der Waals surface area contributed by atoms with Gasteiger partial charge in [0.25, 0.3) is 0 Å². The van der Waals surface area contributed by atoms with Gasteiger partial charge in [-0.25, -0.2) is 0 Å². The molecule has 0 bridgehead atoms. The SMILES string of the molecule is CCCCCC1(C)CN1. The van der Waals surface area contributed by atoms with Gasteiger partial charge in [-0.1, -0.05) is 26.2 Å². The number of hydrogen-bond donors (Lipinski definition) is 1. The first-order valence-corrected chi connectivity index (χ1v) is 4.02. The molecule has 1 rings (SSSR count). The van der Waals surface area contributed by atoms with Gasteiger partial charge in [-0.05, 0) is 13.3 Å². The van der Waals surface area contributed by atoms with Crippen molar-refractivity contribution >= 4 is 0 Å². The zero-order chi connectivity index (χ0) is 6.74. The van der Waals surface area contributed by atoms with Crippen molar-refractivity contribution in [3.8, 4) is 0 Å². The Bertz CT molecular complexity index is 84.6. The monoisotopic (exact) mass is 127 g/mol. The van der Waals surface area contributed by atoms with Crippen LogP contribution >= 0.6 is 0 Å². The van der Waals surface area contributed by atoms with Crippen LogP contribution in [0, 0.1) is 0 Å². The minimum absolute atomic E-state index is 0.551. The van der Waals surface area contributed by atoms with E-state index < -0.39 is 0 Å². The molecule has 1 unspecified atom stereocenters. The molecule has 1 N–H and O–H groups in total. The van der Waals surface area contributed by atoms with Crippen LogP contribution in [0.5, 0.6) is 0 Å². The van der Waals surface area contributed by atoms with E-state index in [0.29, 0.717) is 5.54 Å². The van der Waals surface area contributed by atoms with Crippen LogP contribution in [0.2, 0.25) is 0 Å². The third-order valence-corrected chi connectivity index (χ3v) is 2.11. The molecule has 0 spiro atoms. The highest BCUT2D eigenvalue weighted by atomic mass is 15.1. The Morgan fingerprint density at radius 1 is 1.44 bits per heavy atom. The van der Waals surface area contributed by atoms with Crippen molar-refractivity contribution in [1.82, 2.24) is 5.32 Å². The molecule has 1 fully saturated rings. The van der Waals surface area contributed by atoms with E-state index >= 15 is 0 Å². The first-order chi connectivity index (χ1) is 4.27. The van der Waals surface area contributed by atoms with E-state index in [-0.39, 0.29) is 0 Å². The molecule has 1 aliphatic heterocycles. The molecule has 0 saturated carbocycles. The molecule has 1 saturated heterocycles. The second kappa shape index (κ2) is 2.70. The first kappa shape index (κ1) is 7.07. The van der Waals surface area contributed by atoms with E-state index in [1.54, 1.807) is 0 Å². The maximum Gasteiger partial charge on any atom is 0.0278 e. The molecule has 0 aliphatic carbocycles. The van der Waals surface area contributed by atoms with E-state index in [1.807, 2.05) is 0 Å². The lowest BCUT2D eigenvalue weighted by molar-refractivity contribution is 0.563. The Hall–Kier alpha value is -0.0400. The molecule has 9 heavy (non-hydrogen) atoms. The average Bonchev–Trinajstić information content (AvgIpc) is 2.50. The molecular weight excluding hydrogens is 110 g/mol. The normalized spacial score (nSPS) is 32.7. The summed E-state index contributed by atoms with van der Waals surface area (Å²) in [5.41, 5.74) is 0.551. The first-order valence-electron chi connectivity index (χ1n) is 4.02. The fourth-order valence-corrected chi connectivity index (χ4v) is 1.09. The fraction of sp³-hybridized carbons (Fsp3) is 1.00. The highest BCUT2D eigenvalue weighted by molar-refractivity contribution is 4.98. The van der Waals surface area contributed by atoms with Crippen LogP contribution in [-0.2, 0) is 0 Å². The van der Waals surface area contributed by atoms with Crippen LogP contribution in [-0.4, -0.2) is 12.1 Å². The molecular formula is C8H17N. The van der Waals surface area contributed by atoms with E-state index in [2.05, 4.69) is 19.2 Å². The van der Waals surface area contributed by atoms with Crippen LogP contribution in [0.1, 0.15) is 39.5 Å². The minimum atomic E-state index is 0.551. The summed E-state index contributed by atoms with van der Waals surface area (Å²) < 4.78 is 0. The van der Waals surface area contributed by atoms with E-state index in [9.17, 15) is 0 Å². The number of rotatable bonds is 4. The van der Waals surface area contributed by atoms with Crippen molar-refractivity contribution in [2.45, 2.75) is 45.1 Å². The average molecular weight is 127 g/mol. The summed E-state index contributed by atoms with van der Waals surface area (Å²) in [6.45, 7) is 5.81. The van der Waals surface area contributed by atoms with Crippen molar-refractivity contribution in [3.05, 3.63) is 0 Å². The van der Waals surface area contributed by atoms with E-state index in [1.165, 1.54) is 32.2 Å². The minimum Gasteiger partial charge on any atom is -0.308 e. The third-order valence-electron chi connectivity index (χ3n) is 2.11. The summed E-state index contributed by atoms with van der Waals surface area (Å²) in [4.78, 5) is 0. The predicted molar refractivity (Wildman–Crippen MR) is 40.5 cm³/mol. The summed E-state index contributed by atoms with van der Waals surface area (Å²) in [6.07, 6.45) is 5.52. The van der Waals surface area contributed by atoms with Gasteiger partial charge in [-0.2, -0.15) is 0 Å². The van der Waals surface area contributed by atoms with Gasteiger partial charge < -0.3 is 5.32 Å². The standard InChI is InChI=1S/C8H17N/c1-3-4-5-6-8(2)7-9-8/h9H,3-7H2,1-2H3. The van der Waals surface area contributed by atoms with Crippen LogP contribution < -0.4 is 5.32 Å². The second-order valence-electron chi connectivity index (χ2n) is 3.37. The van der Waals surface area contributed by atoms with Gasteiger partial charge in [0, 0.05) is 12.1 Å². The highest BCUT2D eigenvalue weighted by Crippen LogP contribution is 2.22. The molecule has 0 aromatic heterocycles. The number of hydrogen-bond acceptors (Lipinski definition) is 1. The largest absolute Gasteiger partial charge is 0.308 e. The maximum atomic E-state index is 3.37. The van der Waals surface area contributed by atoms with Gasteiger partial charge in [-0.15, -0.1) is 0 Å². The Morgan fingerprint density at radius 2 is 2.11 bits per heavy atom. The predicted octanol–water partition coefficient (Wildman–Crippen LogP) is 1.93. The van der Waals surface area contributed by atoms with Crippen LogP contribution in [0.25, 0.3) is 0 Å². The quantitative estimate of drug-likeness (QED) is 0.452. The molecule has 1 heterocycles. The van der Waals surface area contributed by atoms with Gasteiger partial charge in [0.2, 0.25) is 0 Å². The number of unbranched alkanes of at least 4 members (excludes halogenated alkanes) is 2. The second-order valence-corrected chi connectivity index (χ2v) is 3.37. The molecule has 1 nitrogen and oxygen atoms in total. The van der Waals surface area contributed by atoms with Crippen molar-refractivity contribution in [2.75, 3.05) is 6.54 Å². The molecule has 0 radical (unpaired) electrons. The third kappa shape index (κ3) is 2.35. The molecule has 0 aromatic carbocycles. The summed E-state index contributed by atoms with van der Waals surface area (Å²) in [7, 11) is 0. The molecule has 0 aromatic rings. The van der Waals surface area contributed by atoms with E-state index in [0.717, 1.165) is 0 Å². The lowest BCUT2D eigenvalue weighted by Crippen LogP contribution is -2.07. The van der Waals surface area contributed by atoms with Crippen molar-refractivity contribution in [1.29, 1.82) is 0 Å². The smallest absolute Gasteiger partial charge is 0.0278 e. The van der Waals surface area contributed by atoms with Crippen LogP contribution in [0.15, 0.2) is 0 Å². The zero-order valence-corrected chi connectivity index (χ0v) is 6.54. The lowest BCUT2D eigenvalue weighted by atomic mass is 10.0. The molecule has 1 aliphatic rings. The summed E-state index contributed by atoms with van der Waals surface area (Å²) >= 11 is 0. The van der Waals surface area contributed by atoms with Gasteiger partial charge in [-0.3, -0.25) is 0 Å². The Morgan fingerprint density at radius 3 is 2.56 bits per heavy atom. The summed E-state index contributed by atoms with van der Waals surface area (Å²) in [6, 6.07) is 0. The summed E-state index contributed by atoms with van der Waals surface area (Å²) in [5.74, 6) is 0. The lowest BCUT2D eigenvalue weighted by Gasteiger charge is -2.03. The maximum absolute atomic E-state index is 3.37. The molecule has 54 valence electrons. The Labute approximate surface area is 57.8 Å². The fourth-order valence-electron chi connectivity index (χ4n) is 1.09. The van der Waals surface area contributed by atoms with Crippen molar-refractivity contribution in [3.63, 3.8) is 0 Å². The van der Waals surface area contributed by atoms with Gasteiger partial charge >= 0.3 is 0 Å². The van der Waals surface area contributed by atoms with Gasteiger partial charge in [0.05, 0.1) is 0 Å². The Kier molecular flexibility index (Phi) is 2.12. The van der Waals surface area contributed by atoms with E-state index in [4.69, 9.17) is 0 Å². The highest BCUT2D eigenvalue weighted by Gasteiger charge is 2.34.